The minimum absolute atomic E-state index is 0.482. The van der Waals surface area contributed by atoms with Crippen LogP contribution in [-0.4, -0.2) is 0 Å². The summed E-state index contributed by atoms with van der Waals surface area (Å²) >= 11 is 11.4. The van der Waals surface area contributed by atoms with Crippen molar-refractivity contribution in [3.05, 3.63) is 56.2 Å². The summed E-state index contributed by atoms with van der Waals surface area (Å²) in [4.78, 5) is 0.885. The van der Waals surface area contributed by atoms with Gasteiger partial charge in [0.15, 0.2) is 0 Å². The molecule has 0 N–H and O–H groups in total. The van der Waals surface area contributed by atoms with Crippen LogP contribution in [0.5, 0.6) is 0 Å². The summed E-state index contributed by atoms with van der Waals surface area (Å²) in [7, 11) is 0. The monoisotopic (exact) mass is 337 g/mol. The molecule has 0 bridgehead atoms. The van der Waals surface area contributed by atoms with Crippen LogP contribution < -0.4 is 0 Å². The zero-order chi connectivity index (χ0) is 13.1. The summed E-state index contributed by atoms with van der Waals surface area (Å²) < 4.78 is 0.891. The molecule has 18 heavy (non-hydrogen) atoms. The number of nitriles is 1. The molecule has 0 saturated heterocycles. The van der Waals surface area contributed by atoms with Crippen molar-refractivity contribution < 1.29 is 0 Å². The van der Waals surface area contributed by atoms with Crippen molar-refractivity contribution in [2.45, 2.75) is 6.92 Å². The highest BCUT2D eigenvalue weighted by molar-refractivity contribution is 9.10. The zero-order valence-electron chi connectivity index (χ0n) is 9.58. The van der Waals surface area contributed by atoms with Crippen molar-refractivity contribution in [3.8, 4) is 6.07 Å². The van der Waals surface area contributed by atoms with Gasteiger partial charge in [-0.3, -0.25) is 0 Å². The van der Waals surface area contributed by atoms with E-state index >= 15 is 0 Å². The van der Waals surface area contributed by atoms with E-state index in [0.29, 0.717) is 10.6 Å². The lowest BCUT2D eigenvalue weighted by atomic mass is 10.1. The van der Waals surface area contributed by atoms with Crippen LogP contribution >= 0.6 is 38.9 Å². The molecule has 0 saturated carbocycles. The van der Waals surface area contributed by atoms with Gasteiger partial charge >= 0.3 is 0 Å². The Morgan fingerprint density at radius 3 is 2.78 bits per heavy atom. The van der Waals surface area contributed by atoms with Crippen LogP contribution in [0.25, 0.3) is 10.6 Å². The number of allylic oxidation sites excluding steroid dienone is 1. The molecule has 1 aromatic carbocycles. The first-order valence-corrected chi connectivity index (χ1v) is 7.29. The van der Waals surface area contributed by atoms with Crippen molar-refractivity contribution >= 4 is 49.5 Å². The molecule has 0 radical (unpaired) electrons. The van der Waals surface area contributed by atoms with E-state index in [1.165, 1.54) is 11.3 Å². The van der Waals surface area contributed by atoms with Crippen LogP contribution in [0.4, 0.5) is 0 Å². The molecule has 0 aliphatic carbocycles. The van der Waals surface area contributed by atoms with Crippen LogP contribution in [0.3, 0.4) is 0 Å². The lowest BCUT2D eigenvalue weighted by molar-refractivity contribution is 1.43. The fourth-order valence-electron chi connectivity index (χ4n) is 1.58. The average Bonchev–Trinajstić information content (AvgIpc) is 2.87. The smallest absolute Gasteiger partial charge is 0.102 e. The molecule has 2 rings (SSSR count). The van der Waals surface area contributed by atoms with Gasteiger partial charge in [0, 0.05) is 14.9 Å². The zero-order valence-corrected chi connectivity index (χ0v) is 12.7. The topological polar surface area (TPSA) is 23.8 Å². The van der Waals surface area contributed by atoms with E-state index in [-0.39, 0.29) is 0 Å². The number of aryl methyl sites for hydroxylation is 1. The van der Waals surface area contributed by atoms with Gasteiger partial charge in [-0.2, -0.15) is 5.26 Å². The molecule has 1 heterocycles. The molecule has 0 amide bonds. The van der Waals surface area contributed by atoms with Crippen LogP contribution in [0.1, 0.15) is 16.0 Å². The van der Waals surface area contributed by atoms with E-state index in [0.717, 1.165) is 20.5 Å². The minimum Gasteiger partial charge on any atom is -0.192 e. The number of benzene rings is 1. The normalized spacial score (nSPS) is 11.9. The Balaban J connectivity index is 2.62. The summed E-state index contributed by atoms with van der Waals surface area (Å²) in [5.74, 6) is 0. The molecule has 0 atom stereocenters. The molecule has 90 valence electrons. The standard InChI is InChI=1S/C14H9BrClNS/c1-9-4-5-12(15)10(7-9)14(16)11(8-17)13-3-2-6-18-13/h2-7H,1H3/b14-11+. The first-order valence-electron chi connectivity index (χ1n) is 5.23. The van der Waals surface area contributed by atoms with Gasteiger partial charge in [-0.1, -0.05) is 45.2 Å². The fourth-order valence-corrected chi connectivity index (χ4v) is 3.22. The van der Waals surface area contributed by atoms with Gasteiger partial charge in [-0.25, -0.2) is 0 Å². The number of hydrogen-bond acceptors (Lipinski definition) is 2. The molecule has 2 aromatic rings. The number of thiophene rings is 1. The third kappa shape index (κ3) is 2.67. The summed E-state index contributed by atoms with van der Waals surface area (Å²) in [6.45, 7) is 2.00. The second-order valence-corrected chi connectivity index (χ2v) is 5.94. The Kier molecular flexibility index (Phi) is 4.23. The number of hydrogen-bond donors (Lipinski definition) is 0. The van der Waals surface area contributed by atoms with Crippen molar-refractivity contribution in [1.82, 2.24) is 0 Å². The van der Waals surface area contributed by atoms with E-state index in [2.05, 4.69) is 22.0 Å². The molecule has 0 aliphatic rings. The second kappa shape index (κ2) is 5.71. The highest BCUT2D eigenvalue weighted by atomic mass is 79.9. The van der Waals surface area contributed by atoms with Gasteiger partial charge in [-0.05, 0) is 30.5 Å². The molecule has 4 heteroatoms. The fraction of sp³-hybridized carbons (Fsp3) is 0.0714. The van der Waals surface area contributed by atoms with Crippen molar-refractivity contribution in [1.29, 1.82) is 5.26 Å². The largest absolute Gasteiger partial charge is 0.192 e. The lowest BCUT2D eigenvalue weighted by Crippen LogP contribution is -1.86. The highest BCUT2D eigenvalue weighted by Crippen LogP contribution is 2.35. The SMILES string of the molecule is Cc1ccc(Br)c(/C(Cl)=C(/C#N)c2cccs2)c1. The number of halogens is 2. The Morgan fingerprint density at radius 2 is 2.17 bits per heavy atom. The van der Waals surface area contributed by atoms with Crippen molar-refractivity contribution in [2.24, 2.45) is 0 Å². The summed E-state index contributed by atoms with van der Waals surface area (Å²) in [5, 5.41) is 11.7. The molecule has 1 nitrogen and oxygen atoms in total. The maximum absolute atomic E-state index is 9.29. The van der Waals surface area contributed by atoms with Gasteiger partial charge in [0.2, 0.25) is 0 Å². The second-order valence-electron chi connectivity index (χ2n) is 3.76. The van der Waals surface area contributed by atoms with E-state index in [1.54, 1.807) is 0 Å². The Bertz CT molecular complexity index is 638. The predicted octanol–water partition coefficient (Wildman–Crippen LogP) is 5.45. The summed E-state index contributed by atoms with van der Waals surface area (Å²) in [6, 6.07) is 11.9. The lowest BCUT2D eigenvalue weighted by Gasteiger charge is -2.06. The molecule has 0 aliphatic heterocycles. The first-order chi connectivity index (χ1) is 8.63. The summed E-state index contributed by atoms with van der Waals surface area (Å²) in [6.07, 6.45) is 0. The van der Waals surface area contributed by atoms with Crippen LogP contribution in [0.2, 0.25) is 0 Å². The molecular weight excluding hydrogens is 330 g/mol. The van der Waals surface area contributed by atoms with E-state index in [9.17, 15) is 5.26 Å². The molecule has 0 fully saturated rings. The van der Waals surface area contributed by atoms with E-state index < -0.39 is 0 Å². The number of nitrogens with zero attached hydrogens (tertiary/aromatic N) is 1. The van der Waals surface area contributed by atoms with Crippen molar-refractivity contribution in [2.75, 3.05) is 0 Å². The average molecular weight is 339 g/mol. The highest BCUT2D eigenvalue weighted by Gasteiger charge is 2.13. The van der Waals surface area contributed by atoms with Gasteiger partial charge in [0.25, 0.3) is 0 Å². The molecular formula is C14H9BrClNS. The maximum Gasteiger partial charge on any atom is 0.102 e. The quantitative estimate of drug-likeness (QED) is 0.668. The maximum atomic E-state index is 9.29. The van der Waals surface area contributed by atoms with Gasteiger partial charge in [0.05, 0.1) is 10.6 Å². The van der Waals surface area contributed by atoms with Crippen LogP contribution in [-0.2, 0) is 0 Å². The third-order valence-corrected chi connectivity index (χ3v) is 4.43. The predicted molar refractivity (Wildman–Crippen MR) is 81.5 cm³/mol. The third-order valence-electron chi connectivity index (χ3n) is 2.46. The Labute approximate surface area is 123 Å². The first kappa shape index (κ1) is 13.4. The molecule has 0 unspecified atom stereocenters. The summed E-state index contributed by atoms with van der Waals surface area (Å²) in [5.41, 5.74) is 2.47. The molecule has 0 spiro atoms. The van der Waals surface area contributed by atoms with Crippen LogP contribution in [0.15, 0.2) is 40.2 Å². The van der Waals surface area contributed by atoms with Gasteiger partial charge < -0.3 is 0 Å². The van der Waals surface area contributed by atoms with E-state index in [4.69, 9.17) is 11.6 Å². The minimum atomic E-state index is 0.482. The molecule has 1 aromatic heterocycles. The van der Waals surface area contributed by atoms with Crippen LogP contribution in [0, 0.1) is 18.3 Å². The van der Waals surface area contributed by atoms with Gasteiger partial charge in [-0.15, -0.1) is 11.3 Å². The Morgan fingerprint density at radius 1 is 1.39 bits per heavy atom. The number of rotatable bonds is 2. The van der Waals surface area contributed by atoms with E-state index in [1.807, 2.05) is 42.6 Å². The van der Waals surface area contributed by atoms with Crippen molar-refractivity contribution in [3.63, 3.8) is 0 Å². The van der Waals surface area contributed by atoms with Gasteiger partial charge in [0.1, 0.15) is 6.07 Å². The Hall–Kier alpha value is -1.08.